The molecular weight excluding hydrogens is 290 g/mol. The predicted octanol–water partition coefficient (Wildman–Crippen LogP) is 1.97. The Hall–Kier alpha value is -2.05. The first-order valence-corrected chi connectivity index (χ1v) is 7.34. The maximum atomic E-state index is 11.3. The van der Waals surface area contributed by atoms with Crippen molar-refractivity contribution in [3.05, 3.63) is 0 Å². The number of ether oxygens (including phenoxy) is 2. The molecule has 0 amide bonds. The van der Waals surface area contributed by atoms with Gasteiger partial charge in [0.1, 0.15) is 0 Å². The van der Waals surface area contributed by atoms with Gasteiger partial charge in [-0.1, -0.05) is 26.2 Å². The van der Waals surface area contributed by atoms with Crippen LogP contribution < -0.4 is 0 Å². The zero-order valence-electron chi connectivity index (χ0n) is 13.3. The number of Topliss-reactive ketones (excluding diaryl/α,β-unsaturated/α-hetero) is 1. The van der Waals surface area contributed by atoms with Crippen LogP contribution in [0.4, 0.5) is 0 Å². The van der Waals surface area contributed by atoms with Crippen LogP contribution in [0.2, 0.25) is 0 Å². The summed E-state index contributed by atoms with van der Waals surface area (Å²) in [7, 11) is 0. The van der Waals surface area contributed by atoms with E-state index in [4.69, 9.17) is 4.74 Å². The van der Waals surface area contributed by atoms with Gasteiger partial charge in [0.05, 0.1) is 6.42 Å². The molecule has 0 aliphatic rings. The molecule has 0 N–H and O–H groups in total. The van der Waals surface area contributed by atoms with E-state index in [1.807, 2.05) is 0 Å². The molecule has 7 nitrogen and oxygen atoms in total. The highest BCUT2D eigenvalue weighted by molar-refractivity contribution is 6.34. The van der Waals surface area contributed by atoms with Crippen LogP contribution in [0, 0.1) is 0 Å². The molecule has 0 atom stereocenters. The summed E-state index contributed by atoms with van der Waals surface area (Å²) in [6.07, 6.45) is 3.85. The number of esters is 3. The molecule has 0 saturated carbocycles. The first-order chi connectivity index (χ1) is 10.4. The molecule has 0 fully saturated rings. The second-order valence-electron chi connectivity index (χ2n) is 4.75. The van der Waals surface area contributed by atoms with Gasteiger partial charge < -0.3 is 9.47 Å². The average Bonchev–Trinajstić information content (AvgIpc) is 2.43. The third kappa shape index (κ3) is 10.7. The molecule has 0 rings (SSSR count). The number of unbranched alkanes of at least 4 members (excludes halogenated alkanes) is 3. The first-order valence-electron chi connectivity index (χ1n) is 7.34. The van der Waals surface area contributed by atoms with Crippen molar-refractivity contribution in [2.75, 3.05) is 6.54 Å². The zero-order chi connectivity index (χ0) is 17.0. The van der Waals surface area contributed by atoms with Crippen LogP contribution >= 0.6 is 0 Å². The lowest BCUT2D eigenvalue weighted by Gasteiger charge is -2.06. The molecule has 0 radical (unpaired) electrons. The standard InChI is InChI=1S/C15H23NO6/c1-4-5-6-7-10-16-13(22-15(20)11(2)17)8-9-14(19)21-12(3)18/h4-10H2,1-3H3. The fraction of sp³-hybridized carbons (Fsp3) is 0.667. The largest absolute Gasteiger partial charge is 0.406 e. The normalized spacial score (nSPS) is 11.0. The van der Waals surface area contributed by atoms with Crippen molar-refractivity contribution in [3.8, 4) is 0 Å². The Morgan fingerprint density at radius 3 is 2.14 bits per heavy atom. The van der Waals surface area contributed by atoms with Gasteiger partial charge in [-0.05, 0) is 6.42 Å². The minimum atomic E-state index is -1.02. The summed E-state index contributed by atoms with van der Waals surface area (Å²) in [5.74, 6) is -3.19. The Labute approximate surface area is 130 Å². The molecule has 0 aliphatic heterocycles. The van der Waals surface area contributed by atoms with E-state index >= 15 is 0 Å². The smallest absolute Gasteiger partial charge is 0.380 e. The number of carbonyl (C=O) groups excluding carboxylic acids is 4. The Bertz CT molecular complexity index is 441. The fourth-order valence-electron chi connectivity index (χ4n) is 1.50. The van der Waals surface area contributed by atoms with Crippen molar-refractivity contribution in [1.82, 2.24) is 0 Å². The topological polar surface area (TPSA) is 99.1 Å². The van der Waals surface area contributed by atoms with E-state index in [2.05, 4.69) is 16.7 Å². The molecule has 0 heterocycles. The second kappa shape index (κ2) is 11.6. The van der Waals surface area contributed by atoms with E-state index < -0.39 is 23.7 Å². The quantitative estimate of drug-likeness (QED) is 0.161. The van der Waals surface area contributed by atoms with Gasteiger partial charge in [0, 0.05) is 26.8 Å². The molecular formula is C15H23NO6. The van der Waals surface area contributed by atoms with Crippen LogP contribution in [0.25, 0.3) is 0 Å². The number of hydrogen-bond donors (Lipinski definition) is 0. The van der Waals surface area contributed by atoms with E-state index in [0.29, 0.717) is 6.54 Å². The van der Waals surface area contributed by atoms with Crippen LogP contribution in [-0.2, 0) is 28.7 Å². The van der Waals surface area contributed by atoms with Crippen molar-refractivity contribution >= 4 is 29.6 Å². The summed E-state index contributed by atoms with van der Waals surface area (Å²) < 4.78 is 9.21. The van der Waals surface area contributed by atoms with Crippen LogP contribution in [0.3, 0.4) is 0 Å². The minimum absolute atomic E-state index is 0.00108. The highest BCUT2D eigenvalue weighted by Crippen LogP contribution is 2.03. The lowest BCUT2D eigenvalue weighted by Crippen LogP contribution is -2.20. The SMILES string of the molecule is CCCCCCN=C(CCC(=O)OC(C)=O)OC(=O)C(C)=O. The van der Waals surface area contributed by atoms with Gasteiger partial charge in [-0.25, -0.2) is 4.79 Å². The number of nitrogens with zero attached hydrogens (tertiary/aromatic N) is 1. The van der Waals surface area contributed by atoms with Gasteiger partial charge in [-0.2, -0.15) is 0 Å². The van der Waals surface area contributed by atoms with Gasteiger partial charge in [0.25, 0.3) is 0 Å². The van der Waals surface area contributed by atoms with Crippen molar-refractivity contribution < 1.29 is 28.7 Å². The summed E-state index contributed by atoms with van der Waals surface area (Å²) in [5, 5.41) is 0. The third-order valence-corrected chi connectivity index (χ3v) is 2.60. The number of carbonyl (C=O) groups is 4. The zero-order valence-corrected chi connectivity index (χ0v) is 13.3. The molecule has 0 saturated heterocycles. The summed E-state index contributed by atoms with van der Waals surface area (Å²) in [5.41, 5.74) is 0. The van der Waals surface area contributed by atoms with Crippen LogP contribution in [0.5, 0.6) is 0 Å². The Morgan fingerprint density at radius 2 is 1.59 bits per heavy atom. The average molecular weight is 313 g/mol. The molecule has 7 heteroatoms. The van der Waals surface area contributed by atoms with Gasteiger partial charge in [-0.3, -0.25) is 19.4 Å². The van der Waals surface area contributed by atoms with Crippen molar-refractivity contribution in [2.45, 2.75) is 59.3 Å². The maximum Gasteiger partial charge on any atom is 0.380 e. The summed E-state index contributed by atoms with van der Waals surface area (Å²) in [6.45, 7) is 4.74. The highest BCUT2D eigenvalue weighted by Gasteiger charge is 2.15. The summed E-state index contributed by atoms with van der Waals surface area (Å²) >= 11 is 0. The minimum Gasteiger partial charge on any atom is -0.406 e. The molecule has 0 aromatic carbocycles. The molecule has 124 valence electrons. The number of aliphatic imine (C=N–C) groups is 1. The number of rotatable bonds is 9. The van der Waals surface area contributed by atoms with Gasteiger partial charge >= 0.3 is 17.9 Å². The van der Waals surface area contributed by atoms with Gasteiger partial charge in [-0.15, -0.1) is 0 Å². The third-order valence-electron chi connectivity index (χ3n) is 2.60. The van der Waals surface area contributed by atoms with E-state index in [1.165, 1.54) is 0 Å². The molecule has 22 heavy (non-hydrogen) atoms. The second-order valence-corrected chi connectivity index (χ2v) is 4.75. The van der Waals surface area contributed by atoms with Crippen LogP contribution in [0.15, 0.2) is 4.99 Å². The Balaban J connectivity index is 4.47. The first kappa shape index (κ1) is 19.9. The molecule has 0 unspecified atom stereocenters. The number of ketones is 1. The molecule has 0 aliphatic carbocycles. The maximum absolute atomic E-state index is 11.3. The van der Waals surface area contributed by atoms with Crippen LogP contribution in [-0.4, -0.2) is 36.1 Å². The van der Waals surface area contributed by atoms with E-state index in [9.17, 15) is 19.2 Å². The lowest BCUT2D eigenvalue weighted by molar-refractivity contribution is -0.158. The highest BCUT2D eigenvalue weighted by atomic mass is 16.6. The lowest BCUT2D eigenvalue weighted by atomic mass is 10.2. The van der Waals surface area contributed by atoms with Crippen LogP contribution in [0.1, 0.15) is 59.3 Å². The van der Waals surface area contributed by atoms with Crippen molar-refractivity contribution in [3.63, 3.8) is 0 Å². The van der Waals surface area contributed by atoms with E-state index in [-0.39, 0.29) is 18.7 Å². The van der Waals surface area contributed by atoms with E-state index in [1.54, 1.807) is 0 Å². The van der Waals surface area contributed by atoms with Crippen molar-refractivity contribution in [2.24, 2.45) is 4.99 Å². The van der Waals surface area contributed by atoms with Crippen molar-refractivity contribution in [1.29, 1.82) is 0 Å². The Kier molecular flexibility index (Phi) is 10.5. The van der Waals surface area contributed by atoms with Gasteiger partial charge in [0.2, 0.25) is 5.78 Å². The number of hydrogen-bond acceptors (Lipinski definition) is 7. The monoisotopic (exact) mass is 313 g/mol. The van der Waals surface area contributed by atoms with Gasteiger partial charge in [0.15, 0.2) is 5.90 Å². The summed E-state index contributed by atoms with van der Waals surface area (Å²) in [4.78, 5) is 48.2. The predicted molar refractivity (Wildman–Crippen MR) is 79.2 cm³/mol. The van der Waals surface area contributed by atoms with E-state index in [0.717, 1.165) is 39.5 Å². The molecule has 0 aromatic heterocycles. The molecule has 0 aromatic rings. The fourth-order valence-corrected chi connectivity index (χ4v) is 1.50. The molecule has 0 spiro atoms. The molecule has 0 bridgehead atoms. The summed E-state index contributed by atoms with van der Waals surface area (Å²) in [6, 6.07) is 0. The Morgan fingerprint density at radius 1 is 0.909 bits per heavy atom.